The Morgan fingerprint density at radius 1 is 1.00 bits per heavy atom. The number of aryl methyl sites for hydroxylation is 1. The van der Waals surface area contributed by atoms with Crippen molar-refractivity contribution in [2.75, 3.05) is 31.6 Å². The number of halogens is 2. The second kappa shape index (κ2) is 9.43. The van der Waals surface area contributed by atoms with Gasteiger partial charge in [0.05, 0.1) is 32.1 Å². The van der Waals surface area contributed by atoms with Gasteiger partial charge in [0.1, 0.15) is 12.4 Å². The molecule has 1 amide bonds. The van der Waals surface area contributed by atoms with E-state index in [0.29, 0.717) is 16.6 Å². The number of ketones is 1. The monoisotopic (exact) mass is 522 g/mol. The summed E-state index contributed by atoms with van der Waals surface area (Å²) in [6, 6.07) is 21.5. The summed E-state index contributed by atoms with van der Waals surface area (Å²) in [6.07, 6.45) is 0.809. The van der Waals surface area contributed by atoms with Gasteiger partial charge in [-0.05, 0) is 42.8 Å². The van der Waals surface area contributed by atoms with E-state index in [1.165, 1.54) is 17.7 Å². The van der Waals surface area contributed by atoms with Crippen LogP contribution >= 0.6 is 0 Å². The maximum absolute atomic E-state index is 13.5. The van der Waals surface area contributed by atoms with E-state index >= 15 is 0 Å². The number of amides is 1. The van der Waals surface area contributed by atoms with E-state index in [9.17, 15) is 14.0 Å². The molecule has 0 aliphatic carbocycles. The van der Waals surface area contributed by atoms with Crippen molar-refractivity contribution >= 4 is 17.4 Å². The topological polar surface area (TPSA) is 37.4 Å². The lowest BCUT2D eigenvalue weighted by Gasteiger charge is -2.44. The van der Waals surface area contributed by atoms with Crippen LogP contribution in [0.4, 0.5) is 10.1 Å². The molecular weight excluding hydrogens is 495 g/mol. The van der Waals surface area contributed by atoms with Crippen LogP contribution in [0.1, 0.15) is 44.2 Å². The zero-order valence-corrected chi connectivity index (χ0v) is 21.0. The van der Waals surface area contributed by atoms with Gasteiger partial charge in [0.15, 0.2) is 0 Å². The molecule has 6 heteroatoms. The molecule has 4 nitrogen and oxygen atoms in total. The Morgan fingerprint density at radius 3 is 2.41 bits per heavy atom. The van der Waals surface area contributed by atoms with E-state index in [1.807, 2.05) is 47.4 Å². The number of benzene rings is 3. The molecule has 2 heterocycles. The fraction of sp³-hybridized carbons (Fsp3) is 0.286. The van der Waals surface area contributed by atoms with Gasteiger partial charge in [-0.2, -0.15) is 0 Å². The molecule has 176 valence electrons. The number of rotatable bonds is 4. The van der Waals surface area contributed by atoms with Gasteiger partial charge in [-0.15, -0.1) is 0 Å². The average Bonchev–Trinajstić information content (AvgIpc) is 3.12. The molecule has 3 aromatic rings. The van der Waals surface area contributed by atoms with E-state index in [4.69, 9.17) is 0 Å². The number of nitrogens with zero attached hydrogens (tertiary/aromatic N) is 2. The maximum Gasteiger partial charge on any atom is 0.258 e. The van der Waals surface area contributed by atoms with Crippen LogP contribution < -0.4 is 21.9 Å². The lowest BCUT2D eigenvalue weighted by Crippen LogP contribution is -3.00. The predicted molar refractivity (Wildman–Crippen MR) is 127 cm³/mol. The van der Waals surface area contributed by atoms with Crippen molar-refractivity contribution in [1.29, 1.82) is 0 Å². The Morgan fingerprint density at radius 2 is 1.71 bits per heavy atom. The first kappa shape index (κ1) is 24.3. The number of Topliss-reactive ketones (excluding diaryl/α,β-unsaturated/α-hetero) is 1. The largest absolute Gasteiger partial charge is 1.00 e. The van der Waals surface area contributed by atoms with Crippen LogP contribution in [0.5, 0.6) is 0 Å². The normalized spacial score (nSPS) is 23.0. The summed E-state index contributed by atoms with van der Waals surface area (Å²) < 4.78 is 14.1. The van der Waals surface area contributed by atoms with Crippen LogP contribution in [-0.4, -0.2) is 48.9 Å². The standard InChI is InChI=1S/C28H28FN2O2.BrH/c1-19-8-13-25-23(16-19)24-17-31(2,18-27(32)20-6-4-3-5-7-20)15-14-26(24)30(25)28(33)21-9-11-22(29)12-10-21;/h3-13,16,24,26H,14-15,17-18H2,1-2H3;1H/q+1;/p-1. The van der Waals surface area contributed by atoms with Crippen LogP contribution in [0.3, 0.4) is 0 Å². The Labute approximate surface area is 210 Å². The van der Waals surface area contributed by atoms with E-state index in [0.717, 1.165) is 36.3 Å². The van der Waals surface area contributed by atoms with E-state index in [2.05, 4.69) is 20.0 Å². The summed E-state index contributed by atoms with van der Waals surface area (Å²) >= 11 is 0. The van der Waals surface area contributed by atoms with Gasteiger partial charge < -0.3 is 26.4 Å². The van der Waals surface area contributed by atoms with Crippen molar-refractivity contribution in [3.8, 4) is 0 Å². The highest BCUT2D eigenvalue weighted by Gasteiger charge is 2.49. The maximum atomic E-state index is 13.5. The number of likely N-dealkylation sites (N-methyl/N-ethyl adjacent to an activating group) is 1. The predicted octanol–water partition coefficient (Wildman–Crippen LogP) is 1.98. The molecule has 3 aromatic carbocycles. The minimum Gasteiger partial charge on any atom is -1.00 e. The smallest absolute Gasteiger partial charge is 0.258 e. The third kappa shape index (κ3) is 4.44. The first-order chi connectivity index (χ1) is 15.8. The number of anilines is 1. The van der Waals surface area contributed by atoms with Crippen LogP contribution in [0.2, 0.25) is 0 Å². The highest BCUT2D eigenvalue weighted by atomic mass is 79.9. The van der Waals surface area contributed by atoms with Gasteiger partial charge in [-0.3, -0.25) is 9.59 Å². The van der Waals surface area contributed by atoms with Gasteiger partial charge in [0, 0.05) is 23.2 Å². The molecule has 5 rings (SSSR count). The number of hydrogen-bond donors (Lipinski definition) is 0. The number of likely N-dealkylation sites (tertiary alicyclic amines) is 1. The number of quaternary nitrogens is 1. The molecule has 0 spiro atoms. The van der Waals surface area contributed by atoms with Crippen molar-refractivity contribution in [3.05, 3.63) is 101 Å². The first-order valence-corrected chi connectivity index (χ1v) is 11.5. The summed E-state index contributed by atoms with van der Waals surface area (Å²) in [5, 5.41) is 0. The van der Waals surface area contributed by atoms with Crippen molar-refractivity contribution < 1.29 is 35.4 Å². The Bertz CT molecular complexity index is 1210. The molecule has 0 aromatic heterocycles. The van der Waals surface area contributed by atoms with Gasteiger partial charge in [0.2, 0.25) is 5.78 Å². The number of fused-ring (bicyclic) bond motifs is 3. The summed E-state index contributed by atoms with van der Waals surface area (Å²) in [4.78, 5) is 28.4. The lowest BCUT2D eigenvalue weighted by molar-refractivity contribution is -0.907. The van der Waals surface area contributed by atoms with Crippen molar-refractivity contribution in [2.45, 2.75) is 25.3 Å². The molecule has 0 bridgehead atoms. The van der Waals surface area contributed by atoms with Crippen molar-refractivity contribution in [2.24, 2.45) is 0 Å². The SMILES string of the molecule is Cc1ccc2c(c1)C1C[N+](C)(CC(=O)c3ccccc3)CCC1N2C(=O)c1ccc(F)cc1.[Br-]. The van der Waals surface area contributed by atoms with Crippen LogP contribution in [0.25, 0.3) is 0 Å². The molecule has 0 N–H and O–H groups in total. The fourth-order valence-corrected chi connectivity index (χ4v) is 5.51. The van der Waals surface area contributed by atoms with Crippen LogP contribution in [-0.2, 0) is 0 Å². The van der Waals surface area contributed by atoms with Gasteiger partial charge >= 0.3 is 0 Å². The van der Waals surface area contributed by atoms with Crippen molar-refractivity contribution in [3.63, 3.8) is 0 Å². The minimum absolute atomic E-state index is 0. The summed E-state index contributed by atoms with van der Waals surface area (Å²) in [5.41, 5.74) is 4.50. The third-order valence-corrected chi connectivity index (χ3v) is 7.17. The van der Waals surface area contributed by atoms with E-state index in [1.54, 1.807) is 12.1 Å². The quantitative estimate of drug-likeness (QED) is 0.388. The Balaban J connectivity index is 0.00000274. The number of carbonyl (C=O) groups is 2. The second-order valence-corrected chi connectivity index (χ2v) is 9.68. The molecule has 34 heavy (non-hydrogen) atoms. The number of hydrogen-bond acceptors (Lipinski definition) is 2. The van der Waals surface area contributed by atoms with Gasteiger partial charge in [-0.25, -0.2) is 4.39 Å². The molecule has 0 saturated carbocycles. The molecule has 0 radical (unpaired) electrons. The number of piperidine rings is 1. The zero-order valence-electron chi connectivity index (χ0n) is 19.4. The average molecular weight is 523 g/mol. The second-order valence-electron chi connectivity index (χ2n) is 9.68. The van der Waals surface area contributed by atoms with Gasteiger partial charge in [0.25, 0.3) is 5.91 Å². The van der Waals surface area contributed by atoms with Crippen LogP contribution in [0.15, 0.2) is 72.8 Å². The Hall–Kier alpha value is -2.83. The van der Waals surface area contributed by atoms with Gasteiger partial charge in [-0.1, -0.05) is 48.0 Å². The highest BCUT2D eigenvalue weighted by Crippen LogP contribution is 2.47. The molecule has 3 atom stereocenters. The van der Waals surface area contributed by atoms with Crippen LogP contribution in [0, 0.1) is 12.7 Å². The number of carbonyl (C=O) groups excluding carboxylic acids is 2. The molecule has 1 fully saturated rings. The van der Waals surface area contributed by atoms with Crippen molar-refractivity contribution in [1.82, 2.24) is 0 Å². The zero-order chi connectivity index (χ0) is 23.2. The molecule has 3 unspecified atom stereocenters. The first-order valence-electron chi connectivity index (χ1n) is 11.5. The fourth-order valence-electron chi connectivity index (χ4n) is 5.51. The molecule has 1 saturated heterocycles. The highest BCUT2D eigenvalue weighted by molar-refractivity contribution is 6.08. The third-order valence-electron chi connectivity index (χ3n) is 7.17. The molecule has 2 aliphatic rings. The summed E-state index contributed by atoms with van der Waals surface area (Å²) in [7, 11) is 2.15. The summed E-state index contributed by atoms with van der Waals surface area (Å²) in [5.74, 6) is -0.135. The Kier molecular flexibility index (Phi) is 6.74. The minimum atomic E-state index is -0.351. The molecule has 2 aliphatic heterocycles. The summed E-state index contributed by atoms with van der Waals surface area (Å²) in [6.45, 7) is 4.13. The lowest BCUT2D eigenvalue weighted by atomic mass is 9.87. The van der Waals surface area contributed by atoms with E-state index in [-0.39, 0.29) is 46.4 Å². The molecular formula is C28H28BrFN2O2. The van der Waals surface area contributed by atoms with E-state index < -0.39 is 0 Å².